The topological polar surface area (TPSA) is 48.6 Å². The number of alkyl halides is 3. The number of nitrogens with one attached hydrogen (secondary N) is 1. The van der Waals surface area contributed by atoms with Gasteiger partial charge >= 0.3 is 6.18 Å². The van der Waals surface area contributed by atoms with Crippen LogP contribution in [-0.4, -0.2) is 31.5 Å². The molecule has 2 aromatic rings. The highest BCUT2D eigenvalue weighted by atomic mass is 19.4. The second-order valence-corrected chi connectivity index (χ2v) is 5.48. The van der Waals surface area contributed by atoms with Gasteiger partial charge in [-0.15, -0.1) is 0 Å². The molecule has 6 heteroatoms. The first-order valence-corrected chi connectivity index (χ1v) is 7.81. The van der Waals surface area contributed by atoms with Gasteiger partial charge in [0.1, 0.15) is 5.84 Å². The molecule has 0 fully saturated rings. The molecule has 0 spiro atoms. The van der Waals surface area contributed by atoms with Gasteiger partial charge in [-0.3, -0.25) is 4.99 Å². The van der Waals surface area contributed by atoms with E-state index in [-0.39, 0.29) is 11.1 Å². The standard InChI is InChI=1S/C20H18F3N3/c1-14(25-2)26-13-16-9-7-15(8-10-16)11-19(20(21,22)23)18-6-4-3-5-17(18)12-24/h3-13,24H,1-2H3/b19-11-,24-12?,25-14-,26-13+. The van der Waals surface area contributed by atoms with Crippen LogP contribution in [0.4, 0.5) is 13.2 Å². The van der Waals surface area contributed by atoms with Gasteiger partial charge in [0.25, 0.3) is 0 Å². The molecule has 0 unspecified atom stereocenters. The summed E-state index contributed by atoms with van der Waals surface area (Å²) in [6.07, 6.45) is -0.924. The van der Waals surface area contributed by atoms with E-state index in [1.165, 1.54) is 18.2 Å². The van der Waals surface area contributed by atoms with Gasteiger partial charge in [0.05, 0.1) is 5.57 Å². The predicted octanol–water partition coefficient (Wildman–Crippen LogP) is 5.25. The number of rotatable bonds is 4. The van der Waals surface area contributed by atoms with Crippen molar-refractivity contribution in [1.29, 1.82) is 5.41 Å². The molecule has 0 heterocycles. The van der Waals surface area contributed by atoms with Crippen molar-refractivity contribution < 1.29 is 13.2 Å². The first kappa shape index (κ1) is 19.3. The van der Waals surface area contributed by atoms with Crippen LogP contribution in [0.3, 0.4) is 0 Å². The number of benzene rings is 2. The Hall–Kier alpha value is -3.02. The van der Waals surface area contributed by atoms with Gasteiger partial charge < -0.3 is 5.41 Å². The first-order valence-electron chi connectivity index (χ1n) is 7.81. The smallest absolute Gasteiger partial charge is 0.308 e. The first-order chi connectivity index (χ1) is 12.3. The molecular formula is C20H18F3N3. The van der Waals surface area contributed by atoms with E-state index in [1.54, 1.807) is 50.5 Å². The summed E-state index contributed by atoms with van der Waals surface area (Å²) in [6.45, 7) is 1.75. The molecule has 26 heavy (non-hydrogen) atoms. The van der Waals surface area contributed by atoms with Crippen molar-refractivity contribution >= 4 is 29.9 Å². The van der Waals surface area contributed by atoms with Crippen LogP contribution >= 0.6 is 0 Å². The molecule has 0 aliphatic rings. The fraction of sp³-hybridized carbons (Fsp3) is 0.150. The van der Waals surface area contributed by atoms with E-state index in [0.717, 1.165) is 17.9 Å². The number of hydrogen-bond acceptors (Lipinski definition) is 2. The van der Waals surface area contributed by atoms with Crippen molar-refractivity contribution in [3.63, 3.8) is 0 Å². The molecular weight excluding hydrogens is 339 g/mol. The minimum absolute atomic E-state index is 0.0181. The number of aliphatic imine (C=N–C) groups is 2. The van der Waals surface area contributed by atoms with Gasteiger partial charge in [0.15, 0.2) is 0 Å². The molecule has 0 aromatic heterocycles. The number of amidine groups is 1. The number of nitrogens with zero attached hydrogens (tertiary/aromatic N) is 2. The van der Waals surface area contributed by atoms with Crippen molar-refractivity contribution in [2.24, 2.45) is 9.98 Å². The van der Waals surface area contributed by atoms with Gasteiger partial charge in [-0.05, 0) is 35.3 Å². The van der Waals surface area contributed by atoms with E-state index in [2.05, 4.69) is 9.98 Å². The Kier molecular flexibility index (Phi) is 6.22. The molecule has 0 bridgehead atoms. The summed E-state index contributed by atoms with van der Waals surface area (Å²) < 4.78 is 40.7. The average molecular weight is 357 g/mol. The highest BCUT2D eigenvalue weighted by Gasteiger charge is 2.35. The molecule has 0 radical (unpaired) electrons. The molecule has 2 aromatic carbocycles. The summed E-state index contributed by atoms with van der Waals surface area (Å²) in [4.78, 5) is 8.02. The minimum atomic E-state index is -4.53. The second kappa shape index (κ2) is 8.38. The van der Waals surface area contributed by atoms with E-state index >= 15 is 0 Å². The Morgan fingerprint density at radius 1 is 1.00 bits per heavy atom. The maximum Gasteiger partial charge on any atom is 0.417 e. The summed E-state index contributed by atoms with van der Waals surface area (Å²) in [5.41, 5.74) is 0.588. The molecule has 0 saturated heterocycles. The molecule has 0 aliphatic carbocycles. The lowest BCUT2D eigenvalue weighted by Crippen LogP contribution is -2.12. The van der Waals surface area contributed by atoms with E-state index in [9.17, 15) is 13.2 Å². The second-order valence-electron chi connectivity index (χ2n) is 5.48. The zero-order valence-corrected chi connectivity index (χ0v) is 14.4. The highest BCUT2D eigenvalue weighted by molar-refractivity contribution is 5.95. The van der Waals surface area contributed by atoms with Crippen LogP contribution in [0.25, 0.3) is 11.6 Å². The number of hydrogen-bond donors (Lipinski definition) is 1. The third kappa shape index (κ3) is 4.99. The van der Waals surface area contributed by atoms with Crippen molar-refractivity contribution in [1.82, 2.24) is 0 Å². The molecule has 134 valence electrons. The summed E-state index contributed by atoms with van der Waals surface area (Å²) in [7, 11) is 1.63. The fourth-order valence-electron chi connectivity index (χ4n) is 2.25. The van der Waals surface area contributed by atoms with Gasteiger partial charge in [-0.2, -0.15) is 13.2 Å². The zero-order chi connectivity index (χ0) is 19.2. The lowest BCUT2D eigenvalue weighted by atomic mass is 9.97. The van der Waals surface area contributed by atoms with Crippen LogP contribution in [-0.2, 0) is 0 Å². The Morgan fingerprint density at radius 3 is 2.19 bits per heavy atom. The van der Waals surface area contributed by atoms with Crippen LogP contribution < -0.4 is 0 Å². The van der Waals surface area contributed by atoms with Gasteiger partial charge in [-0.1, -0.05) is 48.5 Å². The molecule has 3 nitrogen and oxygen atoms in total. The van der Waals surface area contributed by atoms with Crippen molar-refractivity contribution in [3.8, 4) is 0 Å². The van der Waals surface area contributed by atoms with Gasteiger partial charge in [0, 0.05) is 19.5 Å². The molecule has 0 atom stereocenters. The summed E-state index contributed by atoms with van der Waals surface area (Å²) in [5.74, 6) is 0.608. The third-order valence-electron chi connectivity index (χ3n) is 3.68. The summed E-state index contributed by atoms with van der Waals surface area (Å²) >= 11 is 0. The van der Waals surface area contributed by atoms with Crippen LogP contribution in [0.1, 0.15) is 29.2 Å². The molecule has 0 saturated carbocycles. The predicted molar refractivity (Wildman–Crippen MR) is 101 cm³/mol. The van der Waals surface area contributed by atoms with Crippen molar-refractivity contribution in [3.05, 3.63) is 70.8 Å². The van der Waals surface area contributed by atoms with Crippen LogP contribution in [0.2, 0.25) is 0 Å². The van der Waals surface area contributed by atoms with E-state index < -0.39 is 11.7 Å². The van der Waals surface area contributed by atoms with E-state index in [1.807, 2.05) is 0 Å². The normalized spacial score (nSPS) is 13.3. The Labute approximate surface area is 150 Å². The van der Waals surface area contributed by atoms with Crippen LogP contribution in [0.15, 0.2) is 58.5 Å². The highest BCUT2D eigenvalue weighted by Crippen LogP contribution is 2.36. The molecule has 0 aliphatic heterocycles. The molecule has 2 rings (SSSR count). The minimum Gasteiger partial charge on any atom is -0.308 e. The Bertz CT molecular complexity index is 861. The van der Waals surface area contributed by atoms with E-state index in [0.29, 0.717) is 11.4 Å². The fourth-order valence-corrected chi connectivity index (χ4v) is 2.25. The number of halogens is 3. The van der Waals surface area contributed by atoms with Gasteiger partial charge in [-0.25, -0.2) is 4.99 Å². The zero-order valence-electron chi connectivity index (χ0n) is 14.4. The maximum absolute atomic E-state index is 13.6. The third-order valence-corrected chi connectivity index (χ3v) is 3.68. The quantitative estimate of drug-likeness (QED) is 0.441. The summed E-state index contributed by atoms with van der Waals surface area (Å²) in [6, 6.07) is 12.6. The maximum atomic E-state index is 13.6. The van der Waals surface area contributed by atoms with Crippen molar-refractivity contribution in [2.75, 3.05) is 7.05 Å². The summed E-state index contributed by atoms with van der Waals surface area (Å²) in [5, 5.41) is 7.34. The largest absolute Gasteiger partial charge is 0.417 e. The SMILES string of the molecule is C/N=C(C)\N=C\c1ccc(/C=C(/c2ccccc2C=N)C(F)(F)F)cc1. The Morgan fingerprint density at radius 2 is 1.62 bits per heavy atom. The Balaban J connectivity index is 2.42. The van der Waals surface area contributed by atoms with Crippen LogP contribution in [0.5, 0.6) is 0 Å². The van der Waals surface area contributed by atoms with Crippen molar-refractivity contribution in [2.45, 2.75) is 13.1 Å². The average Bonchev–Trinajstić information content (AvgIpc) is 2.64. The molecule has 0 amide bonds. The molecule has 1 N–H and O–H groups in total. The van der Waals surface area contributed by atoms with E-state index in [4.69, 9.17) is 5.41 Å². The lowest BCUT2D eigenvalue weighted by Gasteiger charge is -2.14. The van der Waals surface area contributed by atoms with Crippen LogP contribution in [0, 0.1) is 5.41 Å². The monoisotopic (exact) mass is 357 g/mol. The van der Waals surface area contributed by atoms with Gasteiger partial charge in [0.2, 0.25) is 0 Å². The lowest BCUT2D eigenvalue weighted by molar-refractivity contribution is -0.0683. The number of allylic oxidation sites excluding steroid dienone is 1.